The van der Waals surface area contributed by atoms with Gasteiger partial charge in [-0.2, -0.15) is 17.6 Å². The van der Waals surface area contributed by atoms with Crippen molar-refractivity contribution in [2.75, 3.05) is 0 Å². The molecular formula is C26H27F4IO3S. The second-order valence-electron chi connectivity index (χ2n) is 10.3. The fourth-order valence-electron chi connectivity index (χ4n) is 7.45. The van der Waals surface area contributed by atoms with E-state index in [0.29, 0.717) is 24.2 Å². The van der Waals surface area contributed by atoms with Crippen LogP contribution in [0, 0.1) is 48.6 Å². The van der Waals surface area contributed by atoms with Gasteiger partial charge in [0.15, 0.2) is 17.3 Å². The predicted molar refractivity (Wildman–Crippen MR) is 117 cm³/mol. The van der Waals surface area contributed by atoms with Gasteiger partial charge in [-0.05, 0) is 91.9 Å². The third-order valence-corrected chi connectivity index (χ3v) is 12.2. The summed E-state index contributed by atoms with van der Waals surface area (Å²) in [5.41, 5.74) is 0. The first-order valence-corrected chi connectivity index (χ1v) is 15.5. The number of alkyl halides is 4. The zero-order valence-electron chi connectivity index (χ0n) is 18.9. The van der Waals surface area contributed by atoms with Gasteiger partial charge in [-0.25, -0.2) is 8.42 Å². The molecule has 4 aliphatic rings. The van der Waals surface area contributed by atoms with E-state index in [9.17, 15) is 30.5 Å². The third-order valence-electron chi connectivity index (χ3n) is 8.59. The molecule has 7 atom stereocenters. The minimum absolute atomic E-state index is 0.00803. The molecule has 3 nitrogen and oxygen atoms in total. The van der Waals surface area contributed by atoms with Crippen LogP contribution in [0.2, 0.25) is 0 Å². The zero-order valence-corrected chi connectivity index (χ0v) is 21.8. The average molecular weight is 622 g/mol. The van der Waals surface area contributed by atoms with E-state index >= 15 is 0 Å². The first-order valence-electron chi connectivity index (χ1n) is 12.0. The summed E-state index contributed by atoms with van der Waals surface area (Å²) >= 11 is 0.0287. The van der Waals surface area contributed by atoms with Crippen molar-refractivity contribution >= 4 is 10.1 Å². The maximum atomic E-state index is 14.2. The molecule has 7 unspecified atom stereocenters. The standard InChI is InChI=1S/C14H18F4O3S.C12H10I/c15-13(16,14(17,18)22(19,20)21)10-5-8-4-9(10)12-7-2-1-6(3-7)11(8)12;1-3-7-11(8-4-1)13-12-9-5-2-6-10-12/h6-12H,1-5H2,(H,19,20,21);1-10H/q;+1/p-1. The molecule has 190 valence electrons. The lowest BCUT2D eigenvalue weighted by atomic mass is 9.66. The summed E-state index contributed by atoms with van der Waals surface area (Å²) in [7, 11) is -6.38. The molecule has 0 spiro atoms. The highest BCUT2D eigenvalue weighted by molar-refractivity contribution is 7.86. The molecule has 0 radical (unpaired) electrons. The van der Waals surface area contributed by atoms with Crippen LogP contribution in [0.15, 0.2) is 60.7 Å². The fraction of sp³-hybridized carbons (Fsp3) is 0.538. The number of halogens is 5. The Morgan fingerprint density at radius 2 is 1.26 bits per heavy atom. The van der Waals surface area contributed by atoms with Gasteiger partial charge in [0.1, 0.15) is 0 Å². The molecule has 2 aromatic carbocycles. The van der Waals surface area contributed by atoms with Crippen LogP contribution in [0.4, 0.5) is 17.6 Å². The smallest absolute Gasteiger partial charge is 0.396 e. The Kier molecular flexibility index (Phi) is 6.74. The Labute approximate surface area is 213 Å². The van der Waals surface area contributed by atoms with Crippen molar-refractivity contribution in [3.63, 3.8) is 0 Å². The quantitative estimate of drug-likeness (QED) is 0.223. The molecule has 0 aromatic heterocycles. The number of fused-ring (bicyclic) bond motifs is 9. The van der Waals surface area contributed by atoms with Crippen molar-refractivity contribution in [3.8, 4) is 0 Å². The first-order chi connectivity index (χ1) is 16.5. The Balaban J connectivity index is 0.000000166. The van der Waals surface area contributed by atoms with E-state index in [-0.39, 0.29) is 39.5 Å². The van der Waals surface area contributed by atoms with Crippen molar-refractivity contribution < 1.29 is 51.7 Å². The number of rotatable bonds is 5. The summed E-state index contributed by atoms with van der Waals surface area (Å²) in [6.07, 6.45) is 3.46. The van der Waals surface area contributed by atoms with Gasteiger partial charge in [-0.3, -0.25) is 0 Å². The summed E-state index contributed by atoms with van der Waals surface area (Å²) in [5, 5.41) is -5.53. The number of hydrogen-bond acceptors (Lipinski definition) is 3. The van der Waals surface area contributed by atoms with Crippen LogP contribution >= 0.6 is 0 Å². The molecule has 4 fully saturated rings. The summed E-state index contributed by atoms with van der Waals surface area (Å²) in [5.74, 6) is -5.80. The largest absolute Gasteiger partial charge is 0.743 e. The summed E-state index contributed by atoms with van der Waals surface area (Å²) in [6, 6.07) is 21.4. The molecule has 4 saturated carbocycles. The molecule has 9 heteroatoms. The number of benzene rings is 2. The van der Waals surface area contributed by atoms with Gasteiger partial charge in [-0.1, -0.05) is 36.4 Å². The van der Waals surface area contributed by atoms with Crippen LogP contribution in [0.3, 0.4) is 0 Å². The number of hydrogen-bond donors (Lipinski definition) is 0. The predicted octanol–water partition coefficient (Wildman–Crippen LogP) is 2.89. The second kappa shape index (κ2) is 9.28. The first kappa shape index (κ1) is 25.4. The van der Waals surface area contributed by atoms with E-state index < -0.39 is 33.1 Å². The van der Waals surface area contributed by atoms with Crippen molar-refractivity contribution in [3.05, 3.63) is 67.8 Å². The summed E-state index contributed by atoms with van der Waals surface area (Å²) in [6.45, 7) is 0. The van der Waals surface area contributed by atoms with Gasteiger partial charge >= 0.3 is 32.4 Å². The second-order valence-corrected chi connectivity index (χ2v) is 14.7. The molecule has 0 heterocycles. The molecule has 4 bridgehead atoms. The monoisotopic (exact) mass is 622 g/mol. The molecule has 0 N–H and O–H groups in total. The molecule has 35 heavy (non-hydrogen) atoms. The topological polar surface area (TPSA) is 57.2 Å². The lowest BCUT2D eigenvalue weighted by molar-refractivity contribution is -0.597. The van der Waals surface area contributed by atoms with Gasteiger partial charge in [-0.15, -0.1) is 0 Å². The molecule has 4 aliphatic carbocycles. The minimum Gasteiger partial charge on any atom is -0.743 e. The Morgan fingerprint density at radius 3 is 1.77 bits per heavy atom. The van der Waals surface area contributed by atoms with Crippen molar-refractivity contribution in [1.82, 2.24) is 0 Å². The van der Waals surface area contributed by atoms with Crippen LogP contribution in [0.25, 0.3) is 0 Å². The van der Waals surface area contributed by atoms with E-state index in [1.165, 1.54) is 7.14 Å². The van der Waals surface area contributed by atoms with E-state index in [0.717, 1.165) is 19.3 Å². The Bertz CT molecular complexity index is 1110. The summed E-state index contributed by atoms with van der Waals surface area (Å²) < 4.78 is 90.4. The molecule has 0 saturated heterocycles. The maximum absolute atomic E-state index is 14.2. The minimum atomic E-state index is -6.38. The van der Waals surface area contributed by atoms with Crippen LogP contribution < -0.4 is 21.2 Å². The molecule has 0 aliphatic heterocycles. The molecular weight excluding hydrogens is 595 g/mol. The maximum Gasteiger partial charge on any atom is 0.396 e. The molecule has 2 aromatic rings. The molecule has 0 amide bonds. The van der Waals surface area contributed by atoms with E-state index in [2.05, 4.69) is 60.7 Å². The van der Waals surface area contributed by atoms with Crippen LogP contribution in [-0.4, -0.2) is 24.1 Å². The van der Waals surface area contributed by atoms with Gasteiger partial charge in [0, 0.05) is 5.92 Å². The third kappa shape index (κ3) is 4.43. The molecule has 6 rings (SSSR count). The van der Waals surface area contributed by atoms with E-state index in [1.807, 2.05) is 0 Å². The lowest BCUT2D eigenvalue weighted by Gasteiger charge is -2.43. The lowest BCUT2D eigenvalue weighted by Crippen LogP contribution is -3.61. The zero-order chi connectivity index (χ0) is 25.0. The van der Waals surface area contributed by atoms with Gasteiger partial charge in [0.05, 0.1) is 0 Å². The normalized spacial score (nSPS) is 33.3. The van der Waals surface area contributed by atoms with Crippen LogP contribution in [0.5, 0.6) is 0 Å². The van der Waals surface area contributed by atoms with Crippen molar-refractivity contribution in [1.29, 1.82) is 0 Å². The van der Waals surface area contributed by atoms with Gasteiger partial charge in [0.2, 0.25) is 0 Å². The average Bonchev–Trinajstić information content (AvgIpc) is 3.60. The van der Waals surface area contributed by atoms with E-state index in [1.54, 1.807) is 0 Å². The Morgan fingerprint density at radius 1 is 0.743 bits per heavy atom. The Hall–Kier alpha value is -1.20. The van der Waals surface area contributed by atoms with Gasteiger partial charge in [0.25, 0.3) is 0 Å². The highest BCUT2D eigenvalue weighted by Gasteiger charge is 2.73. The highest BCUT2D eigenvalue weighted by Crippen LogP contribution is 2.71. The van der Waals surface area contributed by atoms with E-state index in [4.69, 9.17) is 0 Å². The van der Waals surface area contributed by atoms with Gasteiger partial charge < -0.3 is 4.55 Å². The van der Waals surface area contributed by atoms with Crippen molar-refractivity contribution in [2.45, 2.75) is 43.3 Å². The van der Waals surface area contributed by atoms with Crippen LogP contribution in [0.1, 0.15) is 32.1 Å². The SMILES string of the molecule is O=S(=O)([O-])C(F)(F)C(F)(F)C1CC2CC1C1C3CCC(C3)C21.c1ccc([I+]c2ccccc2)cc1. The van der Waals surface area contributed by atoms with Crippen LogP contribution in [-0.2, 0) is 10.1 Å². The fourth-order valence-corrected chi connectivity index (χ4v) is 10.2. The highest BCUT2D eigenvalue weighted by atomic mass is 127. The summed E-state index contributed by atoms with van der Waals surface area (Å²) in [4.78, 5) is 0. The van der Waals surface area contributed by atoms with Crippen molar-refractivity contribution in [2.24, 2.45) is 41.4 Å².